The molecule has 0 spiro atoms. The molecule has 0 N–H and O–H groups in total. The van der Waals surface area contributed by atoms with Crippen LogP contribution in [0.15, 0.2) is 53.4 Å². The van der Waals surface area contributed by atoms with Gasteiger partial charge in [0, 0.05) is 35.8 Å². The van der Waals surface area contributed by atoms with E-state index in [1.807, 2.05) is 0 Å². The van der Waals surface area contributed by atoms with Crippen LogP contribution < -0.4 is 0 Å². The number of hydrogen-bond donors (Lipinski definition) is 0. The zero-order valence-electron chi connectivity index (χ0n) is 17.1. The predicted molar refractivity (Wildman–Crippen MR) is 114 cm³/mol. The molecular weight excluding hydrogens is 465 g/mol. The Kier molecular flexibility index (Phi) is 6.26. The Balaban J connectivity index is 1.47. The van der Waals surface area contributed by atoms with Crippen LogP contribution in [0, 0.1) is 0 Å². The first-order valence-corrected chi connectivity index (χ1v) is 12.1. The largest absolute Gasteiger partial charge is 0.416 e. The highest BCUT2D eigenvalue weighted by Gasteiger charge is 2.43. The van der Waals surface area contributed by atoms with Gasteiger partial charge in [0.1, 0.15) is 0 Å². The number of sulfonamides is 1. The Bertz CT molecular complexity index is 1090. The van der Waals surface area contributed by atoms with Crippen LogP contribution in [0.2, 0.25) is 5.02 Å². The first-order valence-electron chi connectivity index (χ1n) is 10.3. The van der Waals surface area contributed by atoms with Crippen molar-refractivity contribution in [3.63, 3.8) is 0 Å². The van der Waals surface area contributed by atoms with Crippen molar-refractivity contribution < 1.29 is 26.4 Å². The van der Waals surface area contributed by atoms with Crippen LogP contribution in [0.1, 0.15) is 41.6 Å². The summed E-state index contributed by atoms with van der Waals surface area (Å²) in [6, 6.07) is 10.1. The summed E-state index contributed by atoms with van der Waals surface area (Å²) in [6.45, 7) is 0.554. The van der Waals surface area contributed by atoms with Crippen LogP contribution in [-0.2, 0) is 16.2 Å². The molecule has 1 aliphatic carbocycles. The van der Waals surface area contributed by atoms with Crippen molar-refractivity contribution in [1.29, 1.82) is 0 Å². The minimum Gasteiger partial charge on any atom is -0.339 e. The molecule has 4 rings (SSSR count). The number of rotatable bonds is 5. The molecule has 0 radical (unpaired) electrons. The van der Waals surface area contributed by atoms with Crippen molar-refractivity contribution in [3.8, 4) is 0 Å². The molecule has 2 aromatic carbocycles. The lowest BCUT2D eigenvalue weighted by molar-refractivity contribution is -0.137. The van der Waals surface area contributed by atoms with Crippen molar-refractivity contribution in [1.82, 2.24) is 9.21 Å². The monoisotopic (exact) mass is 486 g/mol. The minimum absolute atomic E-state index is 0.0221. The molecule has 1 amide bonds. The quantitative estimate of drug-likeness (QED) is 0.609. The summed E-state index contributed by atoms with van der Waals surface area (Å²) >= 11 is 5.89. The summed E-state index contributed by atoms with van der Waals surface area (Å²) in [5, 5.41) is 0.448. The molecule has 0 atom stereocenters. The van der Waals surface area contributed by atoms with Gasteiger partial charge in [-0.3, -0.25) is 4.79 Å². The lowest BCUT2D eigenvalue weighted by atomic mass is 10.0. The average molecular weight is 487 g/mol. The third kappa shape index (κ3) is 4.79. The summed E-state index contributed by atoms with van der Waals surface area (Å²) in [5.41, 5.74) is -0.890. The fraction of sp³-hybridized carbons (Fsp3) is 0.409. The second kappa shape index (κ2) is 8.68. The van der Waals surface area contributed by atoms with E-state index in [2.05, 4.69) is 0 Å². The Labute approximate surface area is 189 Å². The van der Waals surface area contributed by atoms with E-state index >= 15 is 0 Å². The van der Waals surface area contributed by atoms with Gasteiger partial charge in [0.15, 0.2) is 0 Å². The molecule has 2 aromatic rings. The number of hydrogen-bond acceptors (Lipinski definition) is 3. The topological polar surface area (TPSA) is 57.7 Å². The first kappa shape index (κ1) is 23.1. The van der Waals surface area contributed by atoms with Crippen LogP contribution in [0.3, 0.4) is 0 Å². The third-order valence-electron chi connectivity index (χ3n) is 5.84. The van der Waals surface area contributed by atoms with Crippen molar-refractivity contribution >= 4 is 27.5 Å². The average Bonchev–Trinajstić information content (AvgIpc) is 3.58. The van der Waals surface area contributed by atoms with E-state index < -0.39 is 27.7 Å². The van der Waals surface area contributed by atoms with E-state index in [1.165, 1.54) is 41.3 Å². The summed E-state index contributed by atoms with van der Waals surface area (Å²) in [7, 11) is -3.72. The summed E-state index contributed by atoms with van der Waals surface area (Å²) in [6.07, 6.45) is -2.10. The Morgan fingerprint density at radius 2 is 1.56 bits per heavy atom. The van der Waals surface area contributed by atoms with Gasteiger partial charge in [0.05, 0.1) is 10.5 Å². The molecule has 32 heavy (non-hydrogen) atoms. The van der Waals surface area contributed by atoms with E-state index in [9.17, 15) is 26.4 Å². The number of nitrogens with zero attached hydrogens (tertiary/aromatic N) is 2. The SMILES string of the molecule is O=C(c1cccc(C(F)(F)F)c1)N1CCC(N(C2CC2)S(=O)(=O)c2ccc(Cl)cc2)CC1. The van der Waals surface area contributed by atoms with Crippen LogP contribution in [-0.4, -0.2) is 48.7 Å². The number of benzene rings is 2. The number of likely N-dealkylation sites (tertiary alicyclic amines) is 1. The molecule has 1 heterocycles. The van der Waals surface area contributed by atoms with Gasteiger partial charge in [-0.1, -0.05) is 17.7 Å². The summed E-state index contributed by atoms with van der Waals surface area (Å²) in [4.78, 5) is 14.4. The summed E-state index contributed by atoms with van der Waals surface area (Å²) < 4.78 is 67.1. The third-order valence-corrected chi connectivity index (χ3v) is 8.12. The van der Waals surface area contributed by atoms with Gasteiger partial charge in [0.25, 0.3) is 5.91 Å². The fourth-order valence-electron chi connectivity index (χ4n) is 4.08. The maximum Gasteiger partial charge on any atom is 0.416 e. The molecular formula is C22H22ClF3N2O3S. The van der Waals surface area contributed by atoms with Crippen LogP contribution in [0.4, 0.5) is 13.2 Å². The molecule has 10 heteroatoms. The standard InChI is InChI=1S/C22H22ClF3N2O3S/c23-17-4-8-20(9-5-17)32(30,31)28(18-6-7-18)19-10-12-27(13-11-19)21(29)15-2-1-3-16(14-15)22(24,25)26/h1-5,8-9,14,18-19H,6-7,10-13H2. The van der Waals surface area contributed by atoms with Crippen molar-refractivity contribution in [2.24, 2.45) is 0 Å². The molecule has 2 aliphatic rings. The second-order valence-corrected chi connectivity index (χ2v) is 10.4. The number of carbonyl (C=O) groups excluding carboxylic acids is 1. The number of carbonyl (C=O) groups is 1. The molecule has 1 aliphatic heterocycles. The number of amides is 1. The maximum atomic E-state index is 13.3. The molecule has 0 unspecified atom stereocenters. The normalized spacial score (nSPS) is 18.2. The van der Waals surface area contributed by atoms with Crippen molar-refractivity contribution in [2.45, 2.75) is 48.8 Å². The zero-order valence-corrected chi connectivity index (χ0v) is 18.6. The second-order valence-electron chi connectivity index (χ2n) is 8.12. The van der Waals surface area contributed by atoms with Crippen molar-refractivity contribution in [3.05, 3.63) is 64.7 Å². The molecule has 5 nitrogen and oxygen atoms in total. The Hall–Kier alpha value is -2.10. The first-order chi connectivity index (χ1) is 15.1. The van der Waals surface area contributed by atoms with E-state index in [1.54, 1.807) is 4.31 Å². The van der Waals surface area contributed by atoms with Crippen LogP contribution >= 0.6 is 11.6 Å². The predicted octanol–water partition coefficient (Wildman–Crippen LogP) is 4.82. The molecule has 2 fully saturated rings. The highest BCUT2D eigenvalue weighted by molar-refractivity contribution is 7.89. The fourth-order valence-corrected chi connectivity index (χ4v) is 6.14. The van der Waals surface area contributed by atoms with Gasteiger partial charge < -0.3 is 4.90 Å². The maximum absolute atomic E-state index is 13.3. The van der Waals surface area contributed by atoms with E-state index in [0.717, 1.165) is 25.0 Å². The van der Waals surface area contributed by atoms with E-state index in [4.69, 9.17) is 11.6 Å². The molecule has 0 bridgehead atoms. The molecule has 1 saturated carbocycles. The Morgan fingerprint density at radius 1 is 0.969 bits per heavy atom. The highest BCUT2D eigenvalue weighted by Crippen LogP contribution is 2.37. The van der Waals surface area contributed by atoms with Gasteiger partial charge in [-0.15, -0.1) is 0 Å². The lowest BCUT2D eigenvalue weighted by Gasteiger charge is -2.38. The van der Waals surface area contributed by atoms with E-state index in [-0.39, 0.29) is 35.6 Å². The van der Waals surface area contributed by atoms with Gasteiger partial charge in [-0.25, -0.2) is 8.42 Å². The molecule has 1 saturated heterocycles. The van der Waals surface area contributed by atoms with Crippen LogP contribution in [0.5, 0.6) is 0 Å². The zero-order chi connectivity index (χ0) is 23.1. The van der Waals surface area contributed by atoms with Crippen LogP contribution in [0.25, 0.3) is 0 Å². The highest BCUT2D eigenvalue weighted by atomic mass is 35.5. The van der Waals surface area contributed by atoms with Gasteiger partial charge in [0.2, 0.25) is 10.0 Å². The molecule has 0 aromatic heterocycles. The van der Waals surface area contributed by atoms with Gasteiger partial charge in [-0.05, 0) is 68.1 Å². The van der Waals surface area contributed by atoms with Crippen molar-refractivity contribution in [2.75, 3.05) is 13.1 Å². The Morgan fingerprint density at radius 3 is 2.12 bits per heavy atom. The van der Waals surface area contributed by atoms with E-state index in [0.29, 0.717) is 17.9 Å². The summed E-state index contributed by atoms with van der Waals surface area (Å²) in [5.74, 6) is -0.479. The molecule has 172 valence electrons. The minimum atomic E-state index is -4.52. The van der Waals surface area contributed by atoms with Gasteiger partial charge in [-0.2, -0.15) is 17.5 Å². The lowest BCUT2D eigenvalue weighted by Crippen LogP contribution is -2.49. The van der Waals surface area contributed by atoms with Gasteiger partial charge >= 0.3 is 6.18 Å². The number of alkyl halides is 3. The number of halogens is 4. The number of piperidine rings is 1. The smallest absolute Gasteiger partial charge is 0.339 e.